The third kappa shape index (κ3) is 5.30. The lowest BCUT2D eigenvalue weighted by molar-refractivity contribution is 0.0952. The number of unbranched alkanes of at least 4 members (excludes halogenated alkanes) is 3. The Kier molecular flexibility index (Phi) is 8.10. The number of piperidine rings is 1. The summed E-state index contributed by atoms with van der Waals surface area (Å²) in [4.78, 5) is 12.7. The number of hydrogen-bond acceptors (Lipinski definition) is 3. The van der Waals surface area contributed by atoms with Crippen molar-refractivity contribution in [2.75, 3.05) is 13.1 Å². The second-order valence-electron chi connectivity index (χ2n) is 6.92. The van der Waals surface area contributed by atoms with Gasteiger partial charge < -0.3 is 5.32 Å². The number of carbonyl (C=O) groups is 1. The van der Waals surface area contributed by atoms with E-state index in [1.54, 1.807) is 16.4 Å². The third-order valence-electron chi connectivity index (χ3n) is 4.85. The number of sulfonamides is 1. The fourth-order valence-electron chi connectivity index (χ4n) is 3.25. The Balaban J connectivity index is 2.14. The first kappa shape index (κ1) is 21.4. The van der Waals surface area contributed by atoms with Gasteiger partial charge in [-0.15, -0.1) is 0 Å². The summed E-state index contributed by atoms with van der Waals surface area (Å²) < 4.78 is 28.2. The number of benzene rings is 1. The summed E-state index contributed by atoms with van der Waals surface area (Å²) >= 11 is 3.37. The highest BCUT2D eigenvalue weighted by molar-refractivity contribution is 9.10. The predicted octanol–water partition coefficient (Wildman–Crippen LogP) is 4.32. The Bertz CT molecular complexity index is 721. The minimum atomic E-state index is -3.58. The van der Waals surface area contributed by atoms with Gasteiger partial charge in [-0.25, -0.2) is 8.42 Å². The smallest absolute Gasteiger partial charge is 0.252 e. The summed E-state index contributed by atoms with van der Waals surface area (Å²) in [7, 11) is -3.58. The number of hydrogen-bond donors (Lipinski definition) is 1. The van der Waals surface area contributed by atoms with Crippen molar-refractivity contribution < 1.29 is 13.2 Å². The van der Waals surface area contributed by atoms with Crippen LogP contribution in [0.1, 0.15) is 69.2 Å². The van der Waals surface area contributed by atoms with Crippen LogP contribution < -0.4 is 5.32 Å². The van der Waals surface area contributed by atoms with E-state index in [1.807, 2.05) is 6.92 Å². The first-order valence-electron chi connectivity index (χ1n) is 9.47. The maximum atomic E-state index is 13.0. The minimum Gasteiger partial charge on any atom is -0.352 e. The summed E-state index contributed by atoms with van der Waals surface area (Å²) in [6, 6.07) is 4.70. The van der Waals surface area contributed by atoms with E-state index in [4.69, 9.17) is 0 Å². The van der Waals surface area contributed by atoms with E-state index in [1.165, 1.54) is 6.07 Å². The average molecular weight is 445 g/mol. The highest BCUT2D eigenvalue weighted by Gasteiger charge is 2.31. The van der Waals surface area contributed by atoms with Crippen molar-refractivity contribution in [1.82, 2.24) is 9.62 Å². The lowest BCUT2D eigenvalue weighted by Crippen LogP contribution is -2.42. The van der Waals surface area contributed by atoms with Gasteiger partial charge in [-0.05, 0) is 60.3 Å². The molecule has 1 fully saturated rings. The van der Waals surface area contributed by atoms with Crippen molar-refractivity contribution in [1.29, 1.82) is 0 Å². The van der Waals surface area contributed by atoms with Gasteiger partial charge >= 0.3 is 0 Å². The van der Waals surface area contributed by atoms with Crippen LogP contribution in [-0.4, -0.2) is 37.8 Å². The van der Waals surface area contributed by atoms with Crippen LogP contribution in [0.2, 0.25) is 0 Å². The van der Waals surface area contributed by atoms with Crippen LogP contribution in [0.15, 0.2) is 27.6 Å². The third-order valence-corrected chi connectivity index (χ3v) is 7.55. The van der Waals surface area contributed by atoms with Crippen LogP contribution in [0.25, 0.3) is 0 Å². The molecule has 5 nitrogen and oxygen atoms in total. The average Bonchev–Trinajstić information content (AvgIpc) is 2.61. The molecule has 0 saturated carbocycles. The molecule has 1 aromatic rings. The molecule has 7 heteroatoms. The minimum absolute atomic E-state index is 0.00626. The number of halogens is 1. The van der Waals surface area contributed by atoms with Gasteiger partial charge in [0, 0.05) is 23.6 Å². The van der Waals surface area contributed by atoms with Crippen molar-refractivity contribution in [3.63, 3.8) is 0 Å². The zero-order valence-corrected chi connectivity index (χ0v) is 18.0. The lowest BCUT2D eigenvalue weighted by atomic mass is 10.1. The van der Waals surface area contributed by atoms with E-state index >= 15 is 0 Å². The topological polar surface area (TPSA) is 66.5 Å². The molecule has 0 bridgehead atoms. The SMILES string of the molecule is CCCCCCNC(=O)c1cc(S(=O)(=O)N2CCCCC2C)ccc1Br. The monoisotopic (exact) mass is 444 g/mol. The van der Waals surface area contributed by atoms with E-state index in [0.717, 1.165) is 44.9 Å². The summed E-state index contributed by atoms with van der Waals surface area (Å²) in [5.74, 6) is -0.239. The van der Waals surface area contributed by atoms with Crippen molar-refractivity contribution in [2.24, 2.45) is 0 Å². The van der Waals surface area contributed by atoms with Gasteiger partial charge in [-0.1, -0.05) is 32.6 Å². The molecule has 146 valence electrons. The molecule has 1 unspecified atom stereocenters. The zero-order valence-electron chi connectivity index (χ0n) is 15.6. The van der Waals surface area contributed by atoms with E-state index in [9.17, 15) is 13.2 Å². The Morgan fingerprint density at radius 2 is 2.04 bits per heavy atom. The van der Waals surface area contributed by atoms with Crippen LogP contribution in [0.5, 0.6) is 0 Å². The van der Waals surface area contributed by atoms with Crippen molar-refractivity contribution in [3.8, 4) is 0 Å². The maximum absolute atomic E-state index is 13.0. The van der Waals surface area contributed by atoms with Gasteiger partial charge in [-0.2, -0.15) is 4.31 Å². The van der Waals surface area contributed by atoms with E-state index in [2.05, 4.69) is 28.2 Å². The quantitative estimate of drug-likeness (QED) is 0.606. The molecule has 0 radical (unpaired) electrons. The predicted molar refractivity (Wildman–Crippen MR) is 108 cm³/mol. The first-order chi connectivity index (χ1) is 12.4. The molecular weight excluding hydrogens is 416 g/mol. The number of rotatable bonds is 8. The molecule has 1 heterocycles. The molecule has 2 rings (SSSR count). The van der Waals surface area contributed by atoms with Gasteiger partial charge in [0.15, 0.2) is 0 Å². The van der Waals surface area contributed by atoms with Crippen LogP contribution in [-0.2, 0) is 10.0 Å². The van der Waals surface area contributed by atoms with E-state index in [-0.39, 0.29) is 16.8 Å². The van der Waals surface area contributed by atoms with E-state index in [0.29, 0.717) is 23.1 Å². The second-order valence-corrected chi connectivity index (χ2v) is 9.66. The molecule has 0 aliphatic carbocycles. The molecule has 26 heavy (non-hydrogen) atoms. The van der Waals surface area contributed by atoms with Crippen LogP contribution >= 0.6 is 15.9 Å². The largest absolute Gasteiger partial charge is 0.352 e. The van der Waals surface area contributed by atoms with Crippen molar-refractivity contribution in [2.45, 2.75) is 69.7 Å². The Morgan fingerprint density at radius 1 is 1.27 bits per heavy atom. The van der Waals surface area contributed by atoms with Crippen LogP contribution in [0, 0.1) is 0 Å². The fourth-order valence-corrected chi connectivity index (χ4v) is 5.40. The molecule has 0 spiro atoms. The normalized spacial score (nSPS) is 18.7. The fraction of sp³-hybridized carbons (Fsp3) is 0.632. The molecule has 1 N–H and O–H groups in total. The highest BCUT2D eigenvalue weighted by Crippen LogP contribution is 2.28. The molecule has 1 atom stereocenters. The molecule has 1 aromatic carbocycles. The zero-order chi connectivity index (χ0) is 19.2. The number of carbonyl (C=O) groups excluding carboxylic acids is 1. The number of nitrogens with zero attached hydrogens (tertiary/aromatic N) is 1. The van der Waals surface area contributed by atoms with Crippen LogP contribution in [0.3, 0.4) is 0 Å². The molecule has 1 saturated heterocycles. The Morgan fingerprint density at radius 3 is 2.73 bits per heavy atom. The Hall–Kier alpha value is -0.920. The molecule has 0 aromatic heterocycles. The van der Waals surface area contributed by atoms with E-state index < -0.39 is 10.0 Å². The highest BCUT2D eigenvalue weighted by atomic mass is 79.9. The second kappa shape index (κ2) is 9.85. The summed E-state index contributed by atoms with van der Waals surface area (Å²) in [5.41, 5.74) is 0.367. The summed E-state index contributed by atoms with van der Waals surface area (Å²) in [5, 5.41) is 2.89. The van der Waals surface area contributed by atoms with Gasteiger partial charge in [0.05, 0.1) is 10.5 Å². The Labute approximate surface area is 165 Å². The maximum Gasteiger partial charge on any atom is 0.252 e. The molecule has 1 amide bonds. The first-order valence-corrected chi connectivity index (χ1v) is 11.7. The van der Waals surface area contributed by atoms with Crippen molar-refractivity contribution >= 4 is 31.9 Å². The molecule has 1 aliphatic heterocycles. The molecule has 1 aliphatic rings. The van der Waals surface area contributed by atoms with Gasteiger partial charge in [0.1, 0.15) is 0 Å². The summed E-state index contributed by atoms with van der Waals surface area (Å²) in [6.45, 7) is 5.23. The molecular formula is C19H29BrN2O3S. The van der Waals surface area contributed by atoms with Crippen molar-refractivity contribution in [3.05, 3.63) is 28.2 Å². The standard InChI is InChI=1S/C19H29BrN2O3S/c1-3-4-5-7-12-21-19(23)17-14-16(10-11-18(17)20)26(24,25)22-13-8-6-9-15(22)2/h10-11,14-15H,3-9,12-13H2,1-2H3,(H,21,23). The number of amides is 1. The van der Waals surface area contributed by atoms with Gasteiger partial charge in [0.2, 0.25) is 10.0 Å². The summed E-state index contributed by atoms with van der Waals surface area (Å²) in [6.07, 6.45) is 7.13. The van der Waals surface area contributed by atoms with Gasteiger partial charge in [-0.3, -0.25) is 4.79 Å². The number of nitrogens with one attached hydrogen (secondary N) is 1. The van der Waals surface area contributed by atoms with Gasteiger partial charge in [0.25, 0.3) is 5.91 Å². The lowest BCUT2D eigenvalue weighted by Gasteiger charge is -2.32. The van der Waals surface area contributed by atoms with Crippen LogP contribution in [0.4, 0.5) is 0 Å².